The van der Waals surface area contributed by atoms with E-state index in [9.17, 15) is 14.6 Å². The normalized spacial score (nSPS) is 22.2. The average Bonchev–Trinajstić information content (AvgIpc) is 3.35. The number of fused-ring (bicyclic) bond motifs is 3. The van der Waals surface area contributed by atoms with Crippen LogP contribution in [-0.2, 0) is 20.9 Å². The molecule has 1 fully saturated rings. The first-order chi connectivity index (χ1) is 34.0. The van der Waals surface area contributed by atoms with Gasteiger partial charge in [-0.1, -0.05) is 131 Å². The zero-order valence-corrected chi connectivity index (χ0v) is 42.4. The minimum absolute atomic E-state index is 0.0235. The van der Waals surface area contributed by atoms with Crippen LogP contribution in [0.15, 0.2) is 114 Å². The Morgan fingerprint density at radius 2 is 1.51 bits per heavy atom. The molecule has 2 N–H and O–H groups in total. The second kappa shape index (κ2) is 25.4. The third-order valence-electron chi connectivity index (χ3n) is 14.5. The van der Waals surface area contributed by atoms with E-state index in [4.69, 9.17) is 24.2 Å². The van der Waals surface area contributed by atoms with Crippen LogP contribution in [0.2, 0.25) is 0 Å². The summed E-state index contributed by atoms with van der Waals surface area (Å²) >= 11 is 0. The average molecular weight is 959 g/mol. The molecular weight excluding hydrogens is 880 g/mol. The molecule has 1 heterocycles. The van der Waals surface area contributed by atoms with E-state index >= 15 is 4.79 Å². The number of carbonyl (C=O) groups is 1. The van der Waals surface area contributed by atoms with Crippen LogP contribution in [0.5, 0.6) is 17.2 Å². The summed E-state index contributed by atoms with van der Waals surface area (Å²) < 4.78 is 36.0. The Balaban J connectivity index is 1.38. The van der Waals surface area contributed by atoms with Gasteiger partial charge in [0, 0.05) is 44.1 Å². The summed E-state index contributed by atoms with van der Waals surface area (Å²) in [5.41, 5.74) is 2.88. The van der Waals surface area contributed by atoms with Crippen LogP contribution in [0.1, 0.15) is 154 Å². The summed E-state index contributed by atoms with van der Waals surface area (Å²) in [6.07, 6.45) is 19.6. The molecule has 4 aromatic carbocycles. The van der Waals surface area contributed by atoms with E-state index in [0.717, 1.165) is 90.3 Å². The van der Waals surface area contributed by atoms with Gasteiger partial charge in [0.15, 0.2) is 0 Å². The number of unbranched alkanes of at least 4 members (excludes halogenated alkanes) is 10. The van der Waals surface area contributed by atoms with E-state index in [-0.39, 0.29) is 62.3 Å². The Labute approximate surface area is 417 Å². The van der Waals surface area contributed by atoms with Crippen molar-refractivity contribution in [1.82, 2.24) is 4.90 Å². The van der Waals surface area contributed by atoms with Crippen molar-refractivity contribution in [3.05, 3.63) is 126 Å². The van der Waals surface area contributed by atoms with E-state index in [2.05, 4.69) is 49.9 Å². The number of allylic oxidation sites excluding steroid dienone is 1. The summed E-state index contributed by atoms with van der Waals surface area (Å²) in [7, 11) is 0. The zero-order chi connectivity index (χ0) is 49.5. The number of aliphatic hydroxyl groups excluding tert-OH is 2. The first-order valence-electron chi connectivity index (χ1n) is 26.5. The number of rotatable bonds is 27. The second-order valence-corrected chi connectivity index (χ2v) is 20.8. The first-order valence-corrected chi connectivity index (χ1v) is 26.5. The smallest absolute Gasteiger partial charge is 0.239 e. The number of benzene rings is 4. The monoisotopic (exact) mass is 959 g/mol. The van der Waals surface area contributed by atoms with E-state index in [0.29, 0.717) is 30.8 Å². The molecule has 1 saturated carbocycles. The van der Waals surface area contributed by atoms with Crippen LogP contribution in [0.3, 0.4) is 0 Å². The molecule has 6 unspecified atom stereocenters. The van der Waals surface area contributed by atoms with Crippen molar-refractivity contribution >= 4 is 22.4 Å². The summed E-state index contributed by atoms with van der Waals surface area (Å²) in [6, 6.07) is 26.1. The number of carbonyl (C=O) groups excluding carboxylic acids is 1. The first kappa shape index (κ1) is 52.8. The van der Waals surface area contributed by atoms with Gasteiger partial charge in [-0.25, -0.2) is 4.39 Å². The molecule has 10 heteroatoms. The van der Waals surface area contributed by atoms with Crippen LogP contribution in [-0.4, -0.2) is 64.0 Å². The van der Waals surface area contributed by atoms with Crippen molar-refractivity contribution in [2.24, 2.45) is 22.9 Å². The highest BCUT2D eigenvalue weighted by atomic mass is 19.1. The molecule has 70 heavy (non-hydrogen) atoms. The van der Waals surface area contributed by atoms with Crippen molar-refractivity contribution < 1.29 is 38.4 Å². The molecule has 0 radical (unpaired) electrons. The molecule has 1 aliphatic heterocycles. The highest BCUT2D eigenvalue weighted by molar-refractivity contribution is 6.03. The van der Waals surface area contributed by atoms with Crippen LogP contribution >= 0.6 is 0 Å². The molecule has 4 aromatic rings. The lowest BCUT2D eigenvalue weighted by molar-refractivity contribution is -0.258. The number of amides is 1. The molecule has 2 aliphatic carbocycles. The minimum atomic E-state index is -1.42. The van der Waals surface area contributed by atoms with Gasteiger partial charge in [-0.3, -0.25) is 4.79 Å². The SMILES string of the molecule is C=CCOC12Oc3ccc(Oc4ccc5ccccc5c4)cc3C3C(CCCCO)C(CCCCO)C=C(C(=NOC(C)(C)C)CC1N(Cc1ccc(F)cc1)C(=O)CCCCCCCCCCC)C32. The molecule has 0 aromatic heterocycles. The summed E-state index contributed by atoms with van der Waals surface area (Å²) in [4.78, 5) is 23.5. The predicted octanol–water partition coefficient (Wildman–Crippen LogP) is 14.2. The lowest BCUT2D eigenvalue weighted by atomic mass is 9.55. The van der Waals surface area contributed by atoms with E-state index < -0.39 is 23.3 Å². The fourth-order valence-corrected chi connectivity index (χ4v) is 11.2. The predicted molar refractivity (Wildman–Crippen MR) is 279 cm³/mol. The number of halogens is 1. The fourth-order valence-electron chi connectivity index (χ4n) is 11.2. The Bertz CT molecular complexity index is 2370. The van der Waals surface area contributed by atoms with Gasteiger partial charge in [-0.15, -0.1) is 6.58 Å². The van der Waals surface area contributed by atoms with Crippen LogP contribution in [0, 0.1) is 23.6 Å². The Morgan fingerprint density at radius 3 is 2.21 bits per heavy atom. The third kappa shape index (κ3) is 13.3. The topological polar surface area (TPSA) is 110 Å². The Morgan fingerprint density at radius 1 is 0.843 bits per heavy atom. The number of oxime groups is 1. The molecule has 9 nitrogen and oxygen atoms in total. The number of hydrogen-bond donors (Lipinski definition) is 2. The summed E-state index contributed by atoms with van der Waals surface area (Å²) in [5.74, 6) is -0.290. The van der Waals surface area contributed by atoms with E-state index in [1.807, 2.05) is 56.0 Å². The van der Waals surface area contributed by atoms with Gasteiger partial charge >= 0.3 is 0 Å². The molecule has 6 atom stereocenters. The molecule has 0 spiro atoms. The molecule has 7 rings (SSSR count). The van der Waals surface area contributed by atoms with Gasteiger partial charge < -0.3 is 34.2 Å². The van der Waals surface area contributed by atoms with Crippen LogP contribution < -0.4 is 9.47 Å². The zero-order valence-electron chi connectivity index (χ0n) is 42.4. The van der Waals surface area contributed by atoms with Crippen LogP contribution in [0.25, 0.3) is 10.8 Å². The van der Waals surface area contributed by atoms with Gasteiger partial charge in [0.05, 0.1) is 18.2 Å². The van der Waals surface area contributed by atoms with Gasteiger partial charge in [0.2, 0.25) is 11.7 Å². The van der Waals surface area contributed by atoms with Crippen LogP contribution in [0.4, 0.5) is 4.39 Å². The number of nitrogens with zero attached hydrogens (tertiary/aromatic N) is 2. The molecular formula is C60H79FN2O7. The second-order valence-electron chi connectivity index (χ2n) is 20.8. The minimum Gasteiger partial charge on any atom is -0.459 e. The molecule has 378 valence electrons. The van der Waals surface area contributed by atoms with Gasteiger partial charge in [-0.2, -0.15) is 0 Å². The van der Waals surface area contributed by atoms with Gasteiger partial charge in [-0.05, 0) is 129 Å². The molecule has 3 aliphatic rings. The third-order valence-corrected chi connectivity index (χ3v) is 14.5. The maximum Gasteiger partial charge on any atom is 0.239 e. The standard InChI is InChI=1S/C60H79FN2O7/c1-6-8-9-10-11-12-13-14-15-26-56(66)63(42-43-27-30-47(61)31-28-43)55-41-53(62-70-59(3,4)5)51-39-46(24-18-20-35-64)50(25-19-21-36-65)57-52-40-49(68-48-32-29-44-22-16-17-23-45(44)38-48)33-34-54(52)69-60(55,58(51)57)67-37-7-2/h7,16-17,22-23,27-34,38-40,46,50,55,57-58,64-65H,2,6,8-15,18-21,24-26,35-37,41-42H2,1,3-5H3. The van der Waals surface area contributed by atoms with Crippen molar-refractivity contribution in [3.8, 4) is 17.2 Å². The maximum absolute atomic E-state index is 15.2. The quantitative estimate of drug-likeness (QED) is 0.0348. The van der Waals surface area contributed by atoms with Crippen molar-refractivity contribution in [1.29, 1.82) is 0 Å². The lowest BCUT2D eigenvalue weighted by Crippen LogP contribution is -2.70. The Kier molecular flexibility index (Phi) is 19.1. The van der Waals surface area contributed by atoms with E-state index in [1.165, 1.54) is 44.2 Å². The lowest BCUT2D eigenvalue weighted by Gasteiger charge is -2.60. The van der Waals surface area contributed by atoms with Crippen molar-refractivity contribution in [2.45, 2.75) is 167 Å². The molecule has 1 amide bonds. The highest BCUT2D eigenvalue weighted by Crippen LogP contribution is 2.62. The van der Waals surface area contributed by atoms with Gasteiger partial charge in [0.1, 0.15) is 34.7 Å². The molecule has 0 saturated heterocycles. The maximum atomic E-state index is 15.2. The number of aliphatic hydroxyl groups is 2. The molecule has 0 bridgehead atoms. The number of hydrogen-bond acceptors (Lipinski definition) is 8. The Hall–Kier alpha value is -5.03. The van der Waals surface area contributed by atoms with Crippen molar-refractivity contribution in [3.63, 3.8) is 0 Å². The van der Waals surface area contributed by atoms with Crippen molar-refractivity contribution in [2.75, 3.05) is 19.8 Å². The fraction of sp³-hybridized carbons (Fsp3) is 0.533. The summed E-state index contributed by atoms with van der Waals surface area (Å²) in [5, 5.41) is 27.4. The van der Waals surface area contributed by atoms with Gasteiger partial charge in [0.25, 0.3) is 0 Å². The highest BCUT2D eigenvalue weighted by Gasteiger charge is 2.65. The van der Waals surface area contributed by atoms with E-state index in [1.54, 1.807) is 18.2 Å². The number of ether oxygens (including phenoxy) is 3. The summed E-state index contributed by atoms with van der Waals surface area (Å²) in [6.45, 7) is 12.9. The largest absolute Gasteiger partial charge is 0.459 e.